The zero-order valence-electron chi connectivity index (χ0n) is 11.7. The SMILES string of the molecule is CC(c1c(F)ccc(F)c1N(C)C)N1CCNCC1. The molecule has 1 heterocycles. The Kier molecular flexibility index (Phi) is 4.37. The molecule has 1 N–H and O–H groups in total. The molecule has 1 saturated heterocycles. The maximum Gasteiger partial charge on any atom is 0.147 e. The Labute approximate surface area is 113 Å². The second kappa shape index (κ2) is 5.84. The smallest absolute Gasteiger partial charge is 0.147 e. The molecular formula is C14H21F2N3. The molecule has 106 valence electrons. The van der Waals surface area contributed by atoms with Gasteiger partial charge >= 0.3 is 0 Å². The molecule has 19 heavy (non-hydrogen) atoms. The highest BCUT2D eigenvalue weighted by Gasteiger charge is 2.25. The van der Waals surface area contributed by atoms with E-state index in [1.165, 1.54) is 12.1 Å². The highest BCUT2D eigenvalue weighted by molar-refractivity contribution is 5.55. The van der Waals surface area contributed by atoms with E-state index in [1.807, 2.05) is 6.92 Å². The number of rotatable bonds is 3. The van der Waals surface area contributed by atoms with Crippen LogP contribution in [0.15, 0.2) is 12.1 Å². The van der Waals surface area contributed by atoms with Gasteiger partial charge in [0.05, 0.1) is 5.69 Å². The topological polar surface area (TPSA) is 18.5 Å². The van der Waals surface area contributed by atoms with Crippen molar-refractivity contribution in [2.45, 2.75) is 13.0 Å². The molecule has 0 amide bonds. The van der Waals surface area contributed by atoms with Gasteiger partial charge in [-0.05, 0) is 19.1 Å². The normalized spacial score (nSPS) is 18.4. The molecule has 0 spiro atoms. The Morgan fingerprint density at radius 3 is 2.32 bits per heavy atom. The van der Waals surface area contributed by atoms with Crippen LogP contribution >= 0.6 is 0 Å². The number of anilines is 1. The third-order valence-corrected chi connectivity index (χ3v) is 3.68. The molecule has 0 aliphatic carbocycles. The third kappa shape index (κ3) is 2.87. The molecule has 0 saturated carbocycles. The molecule has 1 aromatic rings. The van der Waals surface area contributed by atoms with Crippen molar-refractivity contribution >= 4 is 5.69 Å². The molecule has 0 radical (unpaired) electrons. The summed E-state index contributed by atoms with van der Waals surface area (Å²) in [7, 11) is 3.48. The lowest BCUT2D eigenvalue weighted by Crippen LogP contribution is -2.44. The molecule has 5 heteroatoms. The summed E-state index contributed by atoms with van der Waals surface area (Å²) >= 11 is 0. The van der Waals surface area contributed by atoms with Crippen LogP contribution in [-0.2, 0) is 0 Å². The van der Waals surface area contributed by atoms with Crippen LogP contribution in [0.2, 0.25) is 0 Å². The van der Waals surface area contributed by atoms with Crippen molar-refractivity contribution in [1.29, 1.82) is 0 Å². The Balaban J connectivity index is 2.39. The first-order valence-corrected chi connectivity index (χ1v) is 6.62. The number of hydrogen-bond acceptors (Lipinski definition) is 3. The molecular weight excluding hydrogens is 248 g/mol. The fourth-order valence-electron chi connectivity index (χ4n) is 2.66. The van der Waals surface area contributed by atoms with Crippen molar-refractivity contribution in [2.75, 3.05) is 45.2 Å². The molecule has 0 bridgehead atoms. The van der Waals surface area contributed by atoms with E-state index in [9.17, 15) is 8.78 Å². The Bertz CT molecular complexity index is 443. The van der Waals surface area contributed by atoms with Gasteiger partial charge in [-0.2, -0.15) is 0 Å². The van der Waals surface area contributed by atoms with Gasteiger partial charge in [0.2, 0.25) is 0 Å². The first kappa shape index (κ1) is 14.2. The fourth-order valence-corrected chi connectivity index (χ4v) is 2.66. The quantitative estimate of drug-likeness (QED) is 0.905. The first-order chi connectivity index (χ1) is 9.02. The van der Waals surface area contributed by atoms with Gasteiger partial charge in [-0.3, -0.25) is 4.90 Å². The molecule has 1 fully saturated rings. The first-order valence-electron chi connectivity index (χ1n) is 6.62. The molecule has 1 aliphatic heterocycles. The van der Waals surface area contributed by atoms with Crippen molar-refractivity contribution in [3.8, 4) is 0 Å². The highest BCUT2D eigenvalue weighted by Crippen LogP contribution is 2.33. The largest absolute Gasteiger partial charge is 0.375 e. The number of benzene rings is 1. The molecule has 2 rings (SSSR count). The van der Waals surface area contributed by atoms with Crippen LogP contribution in [0.3, 0.4) is 0 Å². The summed E-state index contributed by atoms with van der Waals surface area (Å²) in [6, 6.07) is 2.28. The van der Waals surface area contributed by atoms with Crippen molar-refractivity contribution in [3.05, 3.63) is 29.3 Å². The Morgan fingerprint density at radius 1 is 1.16 bits per heavy atom. The van der Waals surface area contributed by atoms with Crippen molar-refractivity contribution in [1.82, 2.24) is 10.2 Å². The number of piperazine rings is 1. The molecule has 1 unspecified atom stereocenters. The van der Waals surface area contributed by atoms with Gasteiger partial charge < -0.3 is 10.2 Å². The summed E-state index contributed by atoms with van der Waals surface area (Å²) in [5.74, 6) is -0.709. The maximum absolute atomic E-state index is 14.2. The van der Waals surface area contributed by atoms with Gasteiger partial charge in [-0.25, -0.2) is 8.78 Å². The second-order valence-corrected chi connectivity index (χ2v) is 5.15. The average molecular weight is 269 g/mol. The maximum atomic E-state index is 14.2. The highest BCUT2D eigenvalue weighted by atomic mass is 19.1. The number of nitrogens with one attached hydrogen (secondary N) is 1. The van der Waals surface area contributed by atoms with E-state index in [-0.39, 0.29) is 17.7 Å². The van der Waals surface area contributed by atoms with Crippen molar-refractivity contribution in [3.63, 3.8) is 0 Å². The van der Waals surface area contributed by atoms with Crippen LogP contribution in [0.4, 0.5) is 14.5 Å². The van der Waals surface area contributed by atoms with Gasteiger partial charge in [0.25, 0.3) is 0 Å². The summed E-state index contributed by atoms with van der Waals surface area (Å²) < 4.78 is 28.1. The van der Waals surface area contributed by atoms with Crippen molar-refractivity contribution < 1.29 is 8.78 Å². The number of hydrogen-bond donors (Lipinski definition) is 1. The van der Waals surface area contributed by atoms with Crippen LogP contribution in [0.5, 0.6) is 0 Å². The Hall–Kier alpha value is -1.20. The van der Waals surface area contributed by atoms with Gasteiger partial charge in [-0.1, -0.05) is 0 Å². The zero-order chi connectivity index (χ0) is 14.0. The van der Waals surface area contributed by atoms with Crippen LogP contribution < -0.4 is 10.2 Å². The molecule has 1 atom stereocenters. The van der Waals surface area contributed by atoms with E-state index in [0.29, 0.717) is 11.3 Å². The average Bonchev–Trinajstić information content (AvgIpc) is 2.41. The van der Waals surface area contributed by atoms with Crippen LogP contribution in [0, 0.1) is 11.6 Å². The molecule has 1 aliphatic rings. The second-order valence-electron chi connectivity index (χ2n) is 5.15. The van der Waals surface area contributed by atoms with Crippen molar-refractivity contribution in [2.24, 2.45) is 0 Å². The number of halogens is 2. The van der Waals surface area contributed by atoms with Gasteiger partial charge in [0.1, 0.15) is 11.6 Å². The Morgan fingerprint density at radius 2 is 1.74 bits per heavy atom. The lowest BCUT2D eigenvalue weighted by molar-refractivity contribution is 0.182. The van der Waals surface area contributed by atoms with E-state index in [4.69, 9.17) is 0 Å². The molecule has 0 aromatic heterocycles. The minimum absolute atomic E-state index is 0.129. The predicted octanol–water partition coefficient (Wildman–Crippen LogP) is 2.00. The minimum Gasteiger partial charge on any atom is -0.375 e. The minimum atomic E-state index is -0.372. The van der Waals surface area contributed by atoms with Crippen LogP contribution in [0.1, 0.15) is 18.5 Å². The monoisotopic (exact) mass is 269 g/mol. The lowest BCUT2D eigenvalue weighted by Gasteiger charge is -2.35. The number of nitrogens with zero attached hydrogens (tertiary/aromatic N) is 2. The van der Waals surface area contributed by atoms with E-state index in [2.05, 4.69) is 10.2 Å². The third-order valence-electron chi connectivity index (χ3n) is 3.68. The molecule has 3 nitrogen and oxygen atoms in total. The lowest BCUT2D eigenvalue weighted by atomic mass is 10.0. The summed E-state index contributed by atoms with van der Waals surface area (Å²) in [4.78, 5) is 3.83. The van der Waals surface area contributed by atoms with Gasteiger partial charge in [0, 0.05) is 51.9 Å². The van der Waals surface area contributed by atoms with Crippen LogP contribution in [-0.4, -0.2) is 45.2 Å². The summed E-state index contributed by atoms with van der Waals surface area (Å²) in [5.41, 5.74) is 0.804. The van der Waals surface area contributed by atoms with E-state index in [1.54, 1.807) is 19.0 Å². The van der Waals surface area contributed by atoms with E-state index >= 15 is 0 Å². The summed E-state index contributed by atoms with van der Waals surface area (Å²) in [6.45, 7) is 5.42. The predicted molar refractivity (Wildman–Crippen MR) is 73.5 cm³/mol. The fraction of sp³-hybridized carbons (Fsp3) is 0.571. The summed E-state index contributed by atoms with van der Waals surface area (Å²) in [5, 5.41) is 3.26. The van der Waals surface area contributed by atoms with Crippen LogP contribution in [0.25, 0.3) is 0 Å². The standard InChI is InChI=1S/C14H21F2N3/c1-10(19-8-6-17-7-9-19)13-11(15)4-5-12(16)14(13)18(2)3/h4-5,10,17H,6-9H2,1-3H3. The molecule has 1 aromatic carbocycles. The van der Waals surface area contributed by atoms with E-state index in [0.717, 1.165) is 26.2 Å². The van der Waals surface area contributed by atoms with Gasteiger partial charge in [0.15, 0.2) is 0 Å². The summed E-state index contributed by atoms with van der Waals surface area (Å²) in [6.07, 6.45) is 0. The van der Waals surface area contributed by atoms with Gasteiger partial charge in [-0.15, -0.1) is 0 Å². The zero-order valence-corrected chi connectivity index (χ0v) is 11.7. The van der Waals surface area contributed by atoms with E-state index < -0.39 is 0 Å².